The van der Waals surface area contributed by atoms with Crippen LogP contribution in [0.2, 0.25) is 0 Å². The number of amides is 3. The number of rotatable bonds is 6. The maximum atomic E-state index is 11.3. The Morgan fingerprint density at radius 1 is 1.50 bits per heavy atom. The van der Waals surface area contributed by atoms with Crippen LogP contribution < -0.4 is 10.6 Å². The number of aliphatic hydroxyl groups is 1. The van der Waals surface area contributed by atoms with E-state index < -0.39 is 6.03 Å². The molecule has 0 radical (unpaired) electrons. The fourth-order valence-electron chi connectivity index (χ4n) is 1.02. The van der Waals surface area contributed by atoms with Crippen molar-refractivity contribution in [2.45, 2.75) is 25.8 Å². The molecule has 0 saturated heterocycles. The third kappa shape index (κ3) is 5.97. The Labute approximate surface area is 99.4 Å². The normalized spacial score (nSPS) is 16.6. The smallest absolute Gasteiger partial charge is 0.321 e. The molecule has 0 aromatic rings. The number of imide groups is 1. The minimum absolute atomic E-state index is 0.122. The van der Waals surface area contributed by atoms with Crippen LogP contribution >= 0.6 is 11.8 Å². The van der Waals surface area contributed by atoms with E-state index in [1.165, 1.54) is 11.8 Å². The molecule has 1 atom stereocenters. The molecule has 0 aromatic carbocycles. The van der Waals surface area contributed by atoms with E-state index in [2.05, 4.69) is 10.6 Å². The quantitative estimate of drug-likeness (QED) is 0.631. The summed E-state index contributed by atoms with van der Waals surface area (Å²) in [6.45, 7) is 2.03. The molecule has 0 bridgehead atoms. The fourth-order valence-corrected chi connectivity index (χ4v) is 1.90. The molecule has 1 aliphatic rings. The Balaban J connectivity index is 2.03. The highest BCUT2D eigenvalue weighted by Crippen LogP contribution is 2.18. The number of urea groups is 1. The van der Waals surface area contributed by atoms with Crippen LogP contribution in [-0.4, -0.2) is 41.2 Å². The Bertz CT molecular complexity index is 256. The van der Waals surface area contributed by atoms with Crippen molar-refractivity contribution in [2.24, 2.45) is 5.92 Å². The van der Waals surface area contributed by atoms with Gasteiger partial charge in [0.25, 0.3) is 0 Å². The molecule has 0 heterocycles. The molecule has 1 saturated carbocycles. The van der Waals surface area contributed by atoms with Crippen molar-refractivity contribution >= 4 is 23.7 Å². The Hall–Kier alpha value is -0.750. The molecule has 16 heavy (non-hydrogen) atoms. The molecule has 1 unspecified atom stereocenters. The van der Waals surface area contributed by atoms with Gasteiger partial charge in [0, 0.05) is 12.6 Å². The van der Waals surface area contributed by atoms with Gasteiger partial charge in [0.1, 0.15) is 0 Å². The van der Waals surface area contributed by atoms with Gasteiger partial charge in [0.15, 0.2) is 0 Å². The Morgan fingerprint density at radius 2 is 2.19 bits per heavy atom. The largest absolute Gasteiger partial charge is 0.396 e. The molecule has 6 heteroatoms. The van der Waals surface area contributed by atoms with Crippen LogP contribution in [0.15, 0.2) is 0 Å². The van der Waals surface area contributed by atoms with Gasteiger partial charge in [-0.05, 0) is 24.5 Å². The average molecular weight is 246 g/mol. The highest BCUT2D eigenvalue weighted by molar-refractivity contribution is 7.99. The lowest BCUT2D eigenvalue weighted by atomic mass is 10.2. The van der Waals surface area contributed by atoms with E-state index in [9.17, 15) is 9.59 Å². The summed E-state index contributed by atoms with van der Waals surface area (Å²) in [5, 5.41) is 13.7. The lowest BCUT2D eigenvalue weighted by Crippen LogP contribution is -2.41. The molecular formula is C10H18N2O3S. The number of nitrogens with one attached hydrogen (secondary N) is 2. The van der Waals surface area contributed by atoms with Gasteiger partial charge >= 0.3 is 6.03 Å². The third-order valence-electron chi connectivity index (χ3n) is 2.11. The fraction of sp³-hybridized carbons (Fsp3) is 0.800. The van der Waals surface area contributed by atoms with Gasteiger partial charge in [0.05, 0.1) is 5.75 Å². The minimum atomic E-state index is -0.400. The van der Waals surface area contributed by atoms with Gasteiger partial charge in [0.2, 0.25) is 5.91 Å². The maximum absolute atomic E-state index is 11.3. The monoisotopic (exact) mass is 246 g/mol. The van der Waals surface area contributed by atoms with Crippen molar-refractivity contribution in [2.75, 3.05) is 18.1 Å². The van der Waals surface area contributed by atoms with Crippen molar-refractivity contribution < 1.29 is 14.7 Å². The highest BCUT2D eigenvalue weighted by Gasteiger charge is 2.23. The van der Waals surface area contributed by atoms with E-state index in [1.807, 2.05) is 6.92 Å². The molecule has 0 aliphatic heterocycles. The van der Waals surface area contributed by atoms with Crippen molar-refractivity contribution in [3.63, 3.8) is 0 Å². The van der Waals surface area contributed by atoms with Crippen molar-refractivity contribution in [1.82, 2.24) is 10.6 Å². The van der Waals surface area contributed by atoms with Crippen LogP contribution in [-0.2, 0) is 4.79 Å². The summed E-state index contributed by atoms with van der Waals surface area (Å²) in [4.78, 5) is 22.4. The van der Waals surface area contributed by atoms with Crippen LogP contribution in [0.3, 0.4) is 0 Å². The molecule has 1 rings (SSSR count). The zero-order valence-corrected chi connectivity index (χ0v) is 10.2. The van der Waals surface area contributed by atoms with E-state index in [1.54, 1.807) is 0 Å². The summed E-state index contributed by atoms with van der Waals surface area (Å²) in [5.74, 6) is 0.864. The number of aliphatic hydroxyl groups excluding tert-OH is 1. The zero-order chi connectivity index (χ0) is 12.0. The lowest BCUT2D eigenvalue weighted by Gasteiger charge is -2.07. The van der Waals surface area contributed by atoms with Crippen LogP contribution in [0.5, 0.6) is 0 Å². The standard InChI is InChI=1S/C10H18N2O3S/c1-7(4-13)5-16-6-9(14)12-10(15)11-8-2-3-8/h7-8,13H,2-6H2,1H3,(H2,11,12,14,15). The first-order chi connectivity index (χ1) is 7.61. The van der Waals surface area contributed by atoms with Crippen LogP contribution in [0, 0.1) is 5.92 Å². The van der Waals surface area contributed by atoms with Crippen LogP contribution in [0.25, 0.3) is 0 Å². The molecule has 3 amide bonds. The third-order valence-corrected chi connectivity index (χ3v) is 3.38. The molecular weight excluding hydrogens is 228 g/mol. The molecule has 92 valence electrons. The minimum Gasteiger partial charge on any atom is -0.396 e. The first kappa shape index (κ1) is 13.3. The second-order valence-corrected chi connectivity index (χ2v) is 5.13. The van der Waals surface area contributed by atoms with E-state index in [-0.39, 0.29) is 30.2 Å². The first-order valence-electron chi connectivity index (χ1n) is 5.40. The second kappa shape index (κ2) is 6.75. The number of hydrogen-bond donors (Lipinski definition) is 3. The topological polar surface area (TPSA) is 78.4 Å². The van der Waals surface area contributed by atoms with E-state index in [4.69, 9.17) is 5.11 Å². The van der Waals surface area contributed by atoms with Gasteiger partial charge in [-0.3, -0.25) is 10.1 Å². The van der Waals surface area contributed by atoms with Gasteiger partial charge in [-0.1, -0.05) is 6.92 Å². The maximum Gasteiger partial charge on any atom is 0.321 e. The second-order valence-electron chi connectivity index (χ2n) is 4.10. The summed E-state index contributed by atoms with van der Waals surface area (Å²) >= 11 is 1.42. The predicted molar refractivity (Wildman–Crippen MR) is 63.3 cm³/mol. The van der Waals surface area contributed by atoms with E-state index >= 15 is 0 Å². The van der Waals surface area contributed by atoms with Gasteiger partial charge < -0.3 is 10.4 Å². The van der Waals surface area contributed by atoms with Crippen LogP contribution in [0.4, 0.5) is 4.79 Å². The van der Waals surface area contributed by atoms with Gasteiger partial charge in [-0.25, -0.2) is 4.79 Å². The van der Waals surface area contributed by atoms with Gasteiger partial charge in [-0.2, -0.15) is 11.8 Å². The molecule has 1 fully saturated rings. The Morgan fingerprint density at radius 3 is 2.75 bits per heavy atom. The number of thioether (sulfide) groups is 1. The van der Waals surface area contributed by atoms with E-state index in [0.29, 0.717) is 5.75 Å². The molecule has 0 spiro atoms. The predicted octanol–water partition coefficient (Wildman–Crippen LogP) is 0.336. The van der Waals surface area contributed by atoms with Crippen molar-refractivity contribution in [3.8, 4) is 0 Å². The molecule has 0 aromatic heterocycles. The number of hydrogen-bond acceptors (Lipinski definition) is 4. The van der Waals surface area contributed by atoms with Crippen LogP contribution in [0.1, 0.15) is 19.8 Å². The lowest BCUT2D eigenvalue weighted by molar-refractivity contribution is -0.117. The number of carbonyl (C=O) groups is 2. The van der Waals surface area contributed by atoms with Crippen molar-refractivity contribution in [3.05, 3.63) is 0 Å². The zero-order valence-electron chi connectivity index (χ0n) is 9.36. The summed E-state index contributed by atoms with van der Waals surface area (Å²) in [7, 11) is 0. The first-order valence-corrected chi connectivity index (χ1v) is 6.56. The van der Waals surface area contributed by atoms with E-state index in [0.717, 1.165) is 12.8 Å². The SMILES string of the molecule is CC(CO)CSCC(=O)NC(=O)NC1CC1. The highest BCUT2D eigenvalue weighted by atomic mass is 32.2. The molecule has 1 aliphatic carbocycles. The summed E-state index contributed by atoms with van der Waals surface area (Å²) in [6, 6.07) is -0.141. The van der Waals surface area contributed by atoms with Gasteiger partial charge in [-0.15, -0.1) is 0 Å². The Kier molecular flexibility index (Phi) is 5.62. The summed E-state index contributed by atoms with van der Waals surface area (Å²) in [6.07, 6.45) is 2.01. The summed E-state index contributed by atoms with van der Waals surface area (Å²) < 4.78 is 0. The average Bonchev–Trinajstić information content (AvgIpc) is 3.01. The number of carbonyl (C=O) groups excluding carboxylic acids is 2. The summed E-state index contributed by atoms with van der Waals surface area (Å²) in [5.41, 5.74) is 0. The molecule has 3 N–H and O–H groups in total. The van der Waals surface area contributed by atoms with Crippen molar-refractivity contribution in [1.29, 1.82) is 0 Å². The molecule has 5 nitrogen and oxygen atoms in total.